The van der Waals surface area contributed by atoms with Crippen molar-refractivity contribution < 1.29 is 4.79 Å². The number of hydrogen-bond donors (Lipinski definition) is 1. The Kier molecular flexibility index (Phi) is 7.08. The van der Waals surface area contributed by atoms with Gasteiger partial charge in [-0.1, -0.05) is 44.9 Å². The first-order valence-electron chi connectivity index (χ1n) is 7.44. The van der Waals surface area contributed by atoms with E-state index in [9.17, 15) is 4.79 Å². The molecule has 1 amide bonds. The van der Waals surface area contributed by atoms with Gasteiger partial charge in [0.15, 0.2) is 0 Å². The van der Waals surface area contributed by atoms with Crippen LogP contribution in [0.25, 0.3) is 0 Å². The smallest absolute Gasteiger partial charge is 0.224 e. The molecule has 1 aromatic carbocycles. The molecular weight excluding hydrogens is 270 g/mol. The molecule has 0 heterocycles. The number of nitrogens with one attached hydrogen (secondary N) is 1. The van der Waals surface area contributed by atoms with Gasteiger partial charge in [0.1, 0.15) is 0 Å². The summed E-state index contributed by atoms with van der Waals surface area (Å²) in [4.78, 5) is 11.9. The van der Waals surface area contributed by atoms with E-state index in [1.807, 2.05) is 6.07 Å². The van der Waals surface area contributed by atoms with Gasteiger partial charge in [0.25, 0.3) is 0 Å². The molecule has 0 radical (unpaired) electrons. The third-order valence-electron chi connectivity index (χ3n) is 3.99. The van der Waals surface area contributed by atoms with Gasteiger partial charge in [-0.2, -0.15) is 0 Å². The topological polar surface area (TPSA) is 29.1 Å². The molecule has 3 heteroatoms. The van der Waals surface area contributed by atoms with Gasteiger partial charge in [0, 0.05) is 6.54 Å². The number of hydrogen-bond acceptors (Lipinski definition) is 1. The van der Waals surface area contributed by atoms with Crippen LogP contribution in [0, 0.1) is 19.8 Å². The molecule has 0 aliphatic heterocycles. The molecule has 112 valence electrons. The van der Waals surface area contributed by atoms with Crippen LogP contribution in [0.2, 0.25) is 0 Å². The van der Waals surface area contributed by atoms with Gasteiger partial charge in [-0.25, -0.2) is 0 Å². The van der Waals surface area contributed by atoms with Gasteiger partial charge >= 0.3 is 0 Å². The van der Waals surface area contributed by atoms with E-state index < -0.39 is 0 Å². The molecule has 1 atom stereocenters. The van der Waals surface area contributed by atoms with Crippen molar-refractivity contribution >= 4 is 17.5 Å². The van der Waals surface area contributed by atoms with Crippen LogP contribution in [-0.2, 0) is 11.2 Å². The van der Waals surface area contributed by atoms with E-state index in [0.29, 0.717) is 18.9 Å². The first-order chi connectivity index (χ1) is 9.47. The molecule has 0 aliphatic rings. The average molecular weight is 296 g/mol. The highest BCUT2D eigenvalue weighted by molar-refractivity contribution is 6.21. The van der Waals surface area contributed by atoms with Crippen LogP contribution >= 0.6 is 11.6 Å². The zero-order valence-electron chi connectivity index (χ0n) is 13.0. The van der Waals surface area contributed by atoms with Gasteiger partial charge in [-0.3, -0.25) is 4.79 Å². The molecule has 0 fully saturated rings. The summed E-state index contributed by atoms with van der Waals surface area (Å²) in [6, 6.07) is 6.15. The number of carbonyl (C=O) groups excluding carboxylic acids is 1. The van der Waals surface area contributed by atoms with E-state index >= 15 is 0 Å². The minimum atomic E-state index is 0.0219. The molecule has 1 rings (SSSR count). The Morgan fingerprint density at radius 1 is 1.20 bits per heavy atom. The van der Waals surface area contributed by atoms with Crippen LogP contribution < -0.4 is 5.32 Å². The van der Waals surface area contributed by atoms with Crippen molar-refractivity contribution in [1.29, 1.82) is 0 Å². The van der Waals surface area contributed by atoms with E-state index in [1.165, 1.54) is 11.1 Å². The number of alkyl halides is 1. The molecule has 1 N–H and O–H groups in total. The first-order valence-corrected chi connectivity index (χ1v) is 7.88. The Morgan fingerprint density at radius 2 is 1.85 bits per heavy atom. The lowest BCUT2D eigenvalue weighted by Crippen LogP contribution is -2.34. The summed E-state index contributed by atoms with van der Waals surface area (Å²) in [6.07, 6.45) is 2.53. The van der Waals surface area contributed by atoms with Crippen LogP contribution in [0.1, 0.15) is 43.4 Å². The maximum absolute atomic E-state index is 11.9. The summed E-state index contributed by atoms with van der Waals surface area (Å²) < 4.78 is 0. The molecule has 0 aromatic heterocycles. The Morgan fingerprint density at radius 3 is 2.40 bits per heavy atom. The lowest BCUT2D eigenvalue weighted by atomic mass is 9.99. The molecule has 1 unspecified atom stereocenters. The molecule has 20 heavy (non-hydrogen) atoms. The molecular formula is C17H26ClNO. The predicted molar refractivity (Wildman–Crippen MR) is 86.3 cm³/mol. The summed E-state index contributed by atoms with van der Waals surface area (Å²) in [5.74, 6) is 0.517. The fourth-order valence-corrected chi connectivity index (χ4v) is 2.77. The van der Waals surface area contributed by atoms with Gasteiger partial charge in [0.2, 0.25) is 5.91 Å². The Bertz CT molecular complexity index is 441. The fourth-order valence-electron chi connectivity index (χ4n) is 2.34. The predicted octanol–water partition coefficient (Wildman–Crippen LogP) is 4.01. The summed E-state index contributed by atoms with van der Waals surface area (Å²) in [6.45, 7) is 8.98. The van der Waals surface area contributed by atoms with Crippen LogP contribution in [0.5, 0.6) is 0 Å². The highest BCUT2D eigenvalue weighted by atomic mass is 35.5. The monoisotopic (exact) mass is 295 g/mol. The molecule has 0 aliphatic carbocycles. The van der Waals surface area contributed by atoms with E-state index in [1.54, 1.807) is 0 Å². The third kappa shape index (κ3) is 5.16. The van der Waals surface area contributed by atoms with Crippen LogP contribution in [0.15, 0.2) is 18.2 Å². The van der Waals surface area contributed by atoms with Crippen molar-refractivity contribution in [1.82, 2.24) is 5.32 Å². The molecule has 0 saturated heterocycles. The molecule has 0 bridgehead atoms. The summed E-state index contributed by atoms with van der Waals surface area (Å²) in [5, 5.41) is 2.97. The van der Waals surface area contributed by atoms with E-state index in [2.05, 4.69) is 45.1 Å². The van der Waals surface area contributed by atoms with E-state index in [4.69, 9.17) is 11.6 Å². The zero-order chi connectivity index (χ0) is 15.1. The van der Waals surface area contributed by atoms with Crippen molar-refractivity contribution in [3.63, 3.8) is 0 Å². The normalized spacial score (nSPS) is 12.5. The number of aryl methyl sites for hydroxylation is 2. The van der Waals surface area contributed by atoms with E-state index in [-0.39, 0.29) is 11.3 Å². The lowest BCUT2D eigenvalue weighted by Gasteiger charge is -2.19. The lowest BCUT2D eigenvalue weighted by molar-refractivity contribution is -0.120. The number of amides is 1. The summed E-state index contributed by atoms with van der Waals surface area (Å²) >= 11 is 6.33. The van der Waals surface area contributed by atoms with Crippen LogP contribution in [0.3, 0.4) is 0 Å². The summed E-state index contributed by atoms with van der Waals surface area (Å²) in [7, 11) is 0. The second kappa shape index (κ2) is 8.31. The highest BCUT2D eigenvalue weighted by Gasteiger charge is 2.16. The van der Waals surface area contributed by atoms with Gasteiger partial charge in [-0.05, 0) is 36.5 Å². The van der Waals surface area contributed by atoms with Crippen molar-refractivity contribution in [2.24, 2.45) is 5.92 Å². The number of rotatable bonds is 7. The first kappa shape index (κ1) is 17.0. The largest absolute Gasteiger partial charge is 0.354 e. The standard InChI is InChI=1S/C17H26ClNO/c1-5-15(6-2)16(18)11-19-17(20)10-14-8-7-12(3)13(4)9-14/h7-9,15-16H,5-6,10-11H2,1-4H3,(H,19,20). The van der Waals surface area contributed by atoms with Crippen molar-refractivity contribution in [2.45, 2.75) is 52.3 Å². The summed E-state index contributed by atoms with van der Waals surface area (Å²) in [5.41, 5.74) is 3.53. The molecule has 1 aromatic rings. The maximum atomic E-state index is 11.9. The third-order valence-corrected chi connectivity index (χ3v) is 4.50. The zero-order valence-corrected chi connectivity index (χ0v) is 13.8. The van der Waals surface area contributed by atoms with Crippen molar-refractivity contribution in [2.75, 3.05) is 6.54 Å². The minimum absolute atomic E-state index is 0.0219. The average Bonchev–Trinajstić information content (AvgIpc) is 2.42. The van der Waals surface area contributed by atoms with Gasteiger partial charge in [-0.15, -0.1) is 11.6 Å². The highest BCUT2D eigenvalue weighted by Crippen LogP contribution is 2.17. The van der Waals surface area contributed by atoms with E-state index in [0.717, 1.165) is 18.4 Å². The van der Waals surface area contributed by atoms with Gasteiger partial charge < -0.3 is 5.32 Å². The number of carbonyl (C=O) groups is 1. The van der Waals surface area contributed by atoms with Crippen molar-refractivity contribution in [3.05, 3.63) is 34.9 Å². The Hall–Kier alpha value is -1.02. The Balaban J connectivity index is 2.45. The second-order valence-electron chi connectivity index (χ2n) is 5.49. The quantitative estimate of drug-likeness (QED) is 0.757. The van der Waals surface area contributed by atoms with Crippen LogP contribution in [0.4, 0.5) is 0 Å². The SMILES string of the molecule is CCC(CC)C(Cl)CNC(=O)Cc1ccc(C)c(C)c1. The van der Waals surface area contributed by atoms with Crippen LogP contribution in [-0.4, -0.2) is 17.8 Å². The maximum Gasteiger partial charge on any atom is 0.224 e. The van der Waals surface area contributed by atoms with Gasteiger partial charge in [0.05, 0.1) is 11.8 Å². The molecule has 0 spiro atoms. The second-order valence-corrected chi connectivity index (χ2v) is 6.05. The Labute approximate surface area is 127 Å². The molecule has 2 nitrogen and oxygen atoms in total. The minimum Gasteiger partial charge on any atom is -0.354 e. The molecule has 0 saturated carbocycles. The fraction of sp³-hybridized carbons (Fsp3) is 0.588. The van der Waals surface area contributed by atoms with Crippen molar-refractivity contribution in [3.8, 4) is 0 Å². The number of halogens is 1. The number of benzene rings is 1.